The molecule has 3 nitrogen and oxygen atoms in total. The summed E-state index contributed by atoms with van der Waals surface area (Å²) in [7, 11) is 0. The Labute approximate surface area is 645 Å². The Balaban J connectivity index is 1.01. The van der Waals surface area contributed by atoms with Crippen molar-refractivity contribution < 1.29 is 11.0 Å². The topological polar surface area (TPSA) is 11.4 Å². The van der Waals surface area contributed by atoms with Crippen LogP contribution in [0.15, 0.2) is 321 Å². The summed E-state index contributed by atoms with van der Waals surface area (Å²) < 4.78 is 80.6. The Morgan fingerprint density at radius 3 is 1.11 bits per heavy atom. The van der Waals surface area contributed by atoms with Crippen molar-refractivity contribution in [3.63, 3.8) is 0 Å². The van der Waals surface area contributed by atoms with Gasteiger partial charge in [-0.3, -0.25) is 0 Å². The monoisotopic (exact) mass is 1450 g/mol. The van der Waals surface area contributed by atoms with Crippen molar-refractivity contribution in [1.29, 1.82) is 0 Å². The number of para-hydroxylation sites is 2. The third-order valence-corrected chi connectivity index (χ3v) is 25.0. The summed E-state index contributed by atoms with van der Waals surface area (Å²) in [6.07, 6.45) is 0. The van der Waals surface area contributed by atoms with Gasteiger partial charge in [0.15, 0.2) is 0 Å². The zero-order valence-corrected chi connectivity index (χ0v) is 63.0. The van der Waals surface area contributed by atoms with Crippen LogP contribution in [-0.4, -0.2) is 25.8 Å². The second-order valence-electron chi connectivity index (χ2n) is 32.3. The zero-order chi connectivity index (χ0) is 79.3. The maximum atomic E-state index is 9.95. The molecule has 5 heterocycles. The van der Waals surface area contributed by atoms with E-state index in [-0.39, 0.29) is 71.3 Å². The molecule has 15 aromatic carbocycles. The summed E-state index contributed by atoms with van der Waals surface area (Å²) in [5.41, 5.74) is 28.4. The van der Waals surface area contributed by atoms with E-state index in [1.807, 2.05) is 6.07 Å². The van der Waals surface area contributed by atoms with Crippen LogP contribution in [0.1, 0.15) is 90.0 Å². The molecule has 0 radical (unpaired) electrons. The first-order valence-electron chi connectivity index (χ1n) is 41.1. The molecule has 0 atom stereocenters. The number of anilines is 6. The Kier molecular flexibility index (Phi) is 12.9. The molecule has 0 amide bonds. The van der Waals surface area contributed by atoms with Crippen LogP contribution in [0, 0.1) is 0 Å². The van der Waals surface area contributed by atoms with E-state index in [0.717, 1.165) is 151 Å². The van der Waals surface area contributed by atoms with E-state index in [1.54, 1.807) is 4.57 Å². The van der Waals surface area contributed by atoms with Gasteiger partial charge < -0.3 is 4.57 Å². The van der Waals surface area contributed by atoms with Gasteiger partial charge >= 0.3 is 382 Å². The number of benzene rings is 15. The minimum absolute atomic E-state index is 0.0151. The van der Waals surface area contributed by atoms with E-state index in [4.69, 9.17) is 2.74 Å². The van der Waals surface area contributed by atoms with Crippen LogP contribution in [0.25, 0.3) is 136 Å². The molecule has 0 N–H and O–H groups in total. The molecule has 2 aromatic heterocycles. The molecule has 0 saturated carbocycles. The van der Waals surface area contributed by atoms with E-state index in [0.29, 0.717) is 5.69 Å². The fourth-order valence-electron chi connectivity index (χ4n) is 17.0. The van der Waals surface area contributed by atoms with Gasteiger partial charge in [-0.05, 0) is 57.4 Å². The third kappa shape index (κ3) is 10.7. The molecule has 17 aromatic rings. The van der Waals surface area contributed by atoms with Gasteiger partial charge in [0.2, 0.25) is 0 Å². The third-order valence-electron chi connectivity index (χ3n) is 22.6. The number of hydrogen-bond donors (Lipinski definition) is 0. The van der Waals surface area contributed by atoms with E-state index in [2.05, 4.69) is 339 Å². The molecule has 107 heavy (non-hydrogen) atoms. The average Bonchev–Trinajstić information content (AvgIpc) is 1.32. The van der Waals surface area contributed by atoms with Gasteiger partial charge in [0.05, 0.1) is 22.0 Å². The van der Waals surface area contributed by atoms with E-state index >= 15 is 0 Å². The molecule has 3 aliphatic rings. The number of nitrogens with zero attached hydrogens (tertiary/aromatic N) is 3. The first kappa shape index (κ1) is 56.6. The average molecular weight is 1450 g/mol. The van der Waals surface area contributed by atoms with Crippen molar-refractivity contribution in [2.75, 3.05) is 9.80 Å². The second-order valence-corrected chi connectivity index (χ2v) is 34.6. The summed E-state index contributed by atoms with van der Waals surface area (Å²) >= 11 is 0.0850. The first-order chi connectivity index (χ1) is 55.2. The van der Waals surface area contributed by atoms with Crippen LogP contribution in [0.2, 0.25) is 0 Å². The Morgan fingerprint density at radius 1 is 0.290 bits per heavy atom. The van der Waals surface area contributed by atoms with Crippen LogP contribution in [0.3, 0.4) is 0 Å². The van der Waals surface area contributed by atoms with Gasteiger partial charge in [0.1, 0.15) is 0 Å². The predicted molar refractivity (Wildman–Crippen MR) is 460 cm³/mol. The van der Waals surface area contributed by atoms with E-state index in [1.165, 1.54) is 24.9 Å². The summed E-state index contributed by atoms with van der Waals surface area (Å²) in [5.74, 6) is 0. The second kappa shape index (κ2) is 24.4. The van der Waals surface area contributed by atoms with Gasteiger partial charge in [0, 0.05) is 16.5 Å². The molecule has 0 spiro atoms. The summed E-state index contributed by atoms with van der Waals surface area (Å²) in [6.45, 7) is 20.2. The molecular weight excluding hydrogens is 1360 g/mol. The van der Waals surface area contributed by atoms with Crippen molar-refractivity contribution in [3.05, 3.63) is 338 Å². The van der Waals surface area contributed by atoms with Crippen molar-refractivity contribution in [2.24, 2.45) is 0 Å². The summed E-state index contributed by atoms with van der Waals surface area (Å²) in [5, 5.41) is 2.54. The van der Waals surface area contributed by atoms with Crippen LogP contribution in [0.5, 0.6) is 0 Å². The molecule has 3 aliphatic heterocycles. The standard InChI is InChI=1S/C102H80BN3Se/c1-100(2,3)75-56-81(64-28-15-11-16-29-64)98-83(58-75)73-36-24-34-68(51-73)70-43-48-95-85(53-70)86-54-71(44-49-96(86)107-95)69-35-25-37-74(52-69)84-59-76(101(4,5)6)57-82(65-30-17-12-18-31-65)99(84)106-92-62-78(104-89-40-21-19-38-79(89)80-39-20-22-41-90(80)104)45-47-88(92)103-87-46-42-72(67-33-23-32-66(50-67)63-26-13-10-14-27-63)55-91(87)105(98)93-60-77(102(7,8)9)61-94(106)97(93)103/h10-62H,1-9H3/i19D,20D,21D,22D,38D,39D,40D,41D. The van der Waals surface area contributed by atoms with Crippen molar-refractivity contribution in [1.82, 2.24) is 4.57 Å². The molecule has 512 valence electrons. The number of aromatic nitrogens is 1. The summed E-state index contributed by atoms with van der Waals surface area (Å²) in [6, 6.07) is 98.3. The van der Waals surface area contributed by atoms with E-state index in [9.17, 15) is 8.22 Å². The number of hydrogen-bond acceptors (Lipinski definition) is 2. The predicted octanol–water partition coefficient (Wildman–Crippen LogP) is 25.8. The minimum atomic E-state index is -0.500. The maximum absolute atomic E-state index is 9.95. The van der Waals surface area contributed by atoms with Crippen molar-refractivity contribution in [3.8, 4) is 94.7 Å². The van der Waals surface area contributed by atoms with Gasteiger partial charge in [-0.25, -0.2) is 0 Å². The fraction of sp³-hybridized carbons (Fsp3) is 0.118. The molecule has 0 aliphatic carbocycles. The quantitative estimate of drug-likeness (QED) is 0.159. The SMILES string of the molecule is [2H]c1c([2H])c([2H])c2c(c1[2H])c1c([2H])c([2H])c([2H])c([2H])c1n2-c1ccc2c(c1)N1c3cc(C(C)(C)C)cc4c3B2c2ccc(-c3cccc(-c5ccccc5)c3)cc2N4c2c(-c3ccccc3)cc(C(C)(C)C)cc2-c2cccc(c2)-c2ccc3[se]c4ccc(cc4c3c2)-c2cccc(c2)-c2cc(C(C)(C)C)cc(-c3ccccc3)c21. The van der Waals surface area contributed by atoms with Crippen molar-refractivity contribution >= 4 is 113 Å². The molecule has 13 bridgehead atoms. The molecule has 0 fully saturated rings. The van der Waals surface area contributed by atoms with Crippen molar-refractivity contribution in [2.45, 2.75) is 78.6 Å². The van der Waals surface area contributed by atoms with Gasteiger partial charge in [-0.1, -0.05) is 160 Å². The van der Waals surface area contributed by atoms with Gasteiger partial charge in [-0.2, -0.15) is 0 Å². The Hall–Kier alpha value is -11.7. The number of rotatable bonds is 5. The van der Waals surface area contributed by atoms with Crippen LogP contribution >= 0.6 is 0 Å². The Bertz CT molecular complexity index is 6950. The molecule has 5 heteroatoms. The normalized spacial score (nSPS) is 14.1. The first-order valence-corrected chi connectivity index (χ1v) is 38.9. The zero-order valence-electron chi connectivity index (χ0n) is 69.3. The molecule has 0 unspecified atom stereocenters. The van der Waals surface area contributed by atoms with E-state index < -0.39 is 36.3 Å². The van der Waals surface area contributed by atoms with Crippen LogP contribution in [0.4, 0.5) is 34.1 Å². The molecule has 0 saturated heterocycles. The van der Waals surface area contributed by atoms with Gasteiger partial charge in [-0.15, -0.1) is 0 Å². The molecular formula is C102H80BN3Se. The van der Waals surface area contributed by atoms with Gasteiger partial charge in [0.25, 0.3) is 6.71 Å². The van der Waals surface area contributed by atoms with Crippen LogP contribution in [-0.2, 0) is 16.2 Å². The summed E-state index contributed by atoms with van der Waals surface area (Å²) in [4.78, 5) is 5.14. The molecule has 20 rings (SSSR count). The fourth-order valence-corrected chi connectivity index (χ4v) is 19.2. The number of fused-ring (bicyclic) bond motifs is 23. The van der Waals surface area contributed by atoms with Crippen LogP contribution < -0.4 is 26.2 Å². The Morgan fingerprint density at radius 2 is 0.645 bits per heavy atom.